The van der Waals surface area contributed by atoms with Crippen LogP contribution in [-0.4, -0.2) is 32.0 Å². The van der Waals surface area contributed by atoms with Gasteiger partial charge in [-0.2, -0.15) is 0 Å². The maximum atomic E-state index is 9.17. The zero-order valence-corrected chi connectivity index (χ0v) is 10.1. The van der Waals surface area contributed by atoms with E-state index in [0.717, 1.165) is 23.6 Å². The molecular weight excluding hydrogens is 206 g/mol. The van der Waals surface area contributed by atoms with Gasteiger partial charge >= 0.3 is 0 Å². The number of nitrogens with two attached hydrogens (primary N) is 1. The number of ether oxygens (including phenoxy) is 2. The van der Waals surface area contributed by atoms with Crippen LogP contribution < -0.4 is 14.8 Å². The number of quaternary nitrogens is 1. The van der Waals surface area contributed by atoms with E-state index in [4.69, 9.17) is 9.47 Å². The smallest absolute Gasteiger partial charge is 0.169 e. The third-order valence-electron chi connectivity index (χ3n) is 2.36. The van der Waals surface area contributed by atoms with Gasteiger partial charge in [0.1, 0.15) is 13.1 Å². The molecule has 1 aromatic carbocycles. The third-order valence-corrected chi connectivity index (χ3v) is 2.36. The molecule has 0 unspecified atom stereocenters. The van der Waals surface area contributed by atoms with Gasteiger partial charge in [-0.3, -0.25) is 0 Å². The number of rotatable bonds is 6. The van der Waals surface area contributed by atoms with Crippen molar-refractivity contribution in [2.45, 2.75) is 19.6 Å². The van der Waals surface area contributed by atoms with Crippen molar-refractivity contribution >= 4 is 0 Å². The molecule has 1 atom stereocenters. The zero-order valence-electron chi connectivity index (χ0n) is 10.1. The van der Waals surface area contributed by atoms with Crippen LogP contribution in [-0.2, 0) is 6.54 Å². The fourth-order valence-corrected chi connectivity index (χ4v) is 1.59. The number of benzene rings is 1. The number of para-hydroxylation sites is 1. The number of methoxy groups -OCH3 is 2. The summed E-state index contributed by atoms with van der Waals surface area (Å²) in [6.07, 6.45) is -0.295. The molecule has 0 saturated carbocycles. The average molecular weight is 226 g/mol. The van der Waals surface area contributed by atoms with E-state index in [1.165, 1.54) is 0 Å². The van der Waals surface area contributed by atoms with E-state index in [1.807, 2.05) is 23.5 Å². The molecule has 0 radical (unpaired) electrons. The highest BCUT2D eigenvalue weighted by molar-refractivity contribution is 5.46. The van der Waals surface area contributed by atoms with Crippen LogP contribution >= 0.6 is 0 Å². The SMILES string of the molecule is COc1cccc(C[NH2+]C[C@H](C)O)c1OC. The molecule has 0 aliphatic rings. The van der Waals surface area contributed by atoms with Gasteiger partial charge < -0.3 is 19.9 Å². The largest absolute Gasteiger partial charge is 0.493 e. The normalized spacial score (nSPS) is 12.2. The maximum absolute atomic E-state index is 9.17. The van der Waals surface area contributed by atoms with Gasteiger partial charge in [0.2, 0.25) is 0 Å². The van der Waals surface area contributed by atoms with Crippen LogP contribution in [0.2, 0.25) is 0 Å². The first-order chi connectivity index (χ1) is 7.69. The molecule has 4 heteroatoms. The fraction of sp³-hybridized carbons (Fsp3) is 0.500. The topological polar surface area (TPSA) is 55.3 Å². The van der Waals surface area contributed by atoms with Crippen LogP contribution in [0, 0.1) is 0 Å². The highest BCUT2D eigenvalue weighted by atomic mass is 16.5. The average Bonchev–Trinajstić information content (AvgIpc) is 2.28. The summed E-state index contributed by atoms with van der Waals surface area (Å²) < 4.78 is 10.5. The van der Waals surface area contributed by atoms with Crippen molar-refractivity contribution in [1.82, 2.24) is 0 Å². The van der Waals surface area contributed by atoms with E-state index < -0.39 is 0 Å². The lowest BCUT2D eigenvalue weighted by molar-refractivity contribution is -0.676. The quantitative estimate of drug-likeness (QED) is 0.726. The first-order valence-electron chi connectivity index (χ1n) is 5.38. The number of aliphatic hydroxyl groups excluding tert-OH is 1. The Morgan fingerprint density at radius 3 is 2.62 bits per heavy atom. The second kappa shape index (κ2) is 6.35. The minimum atomic E-state index is -0.295. The molecular formula is C12H20NO3+. The molecule has 0 aromatic heterocycles. The van der Waals surface area contributed by atoms with Gasteiger partial charge in [-0.1, -0.05) is 6.07 Å². The van der Waals surface area contributed by atoms with Crippen molar-refractivity contribution in [2.75, 3.05) is 20.8 Å². The number of aliphatic hydroxyl groups is 1. The Kier molecular flexibility index (Phi) is 5.08. The van der Waals surface area contributed by atoms with Crippen LogP contribution in [0.15, 0.2) is 18.2 Å². The van der Waals surface area contributed by atoms with E-state index in [0.29, 0.717) is 6.54 Å². The molecule has 16 heavy (non-hydrogen) atoms. The Bertz CT molecular complexity index is 326. The molecule has 4 nitrogen and oxygen atoms in total. The molecule has 0 amide bonds. The lowest BCUT2D eigenvalue weighted by Crippen LogP contribution is -2.84. The summed E-state index contributed by atoms with van der Waals surface area (Å²) in [7, 11) is 3.26. The fourth-order valence-electron chi connectivity index (χ4n) is 1.59. The first-order valence-corrected chi connectivity index (χ1v) is 5.38. The van der Waals surface area contributed by atoms with E-state index in [-0.39, 0.29) is 6.10 Å². The van der Waals surface area contributed by atoms with Crippen LogP contribution in [0.4, 0.5) is 0 Å². The molecule has 0 fully saturated rings. The van der Waals surface area contributed by atoms with Gasteiger partial charge in [-0.05, 0) is 19.1 Å². The molecule has 1 rings (SSSR count). The predicted octanol–water partition coefficient (Wildman–Crippen LogP) is 0.148. The van der Waals surface area contributed by atoms with E-state index >= 15 is 0 Å². The second-order valence-electron chi connectivity index (χ2n) is 3.73. The Morgan fingerprint density at radius 1 is 1.31 bits per heavy atom. The van der Waals surface area contributed by atoms with Gasteiger partial charge in [0.15, 0.2) is 11.5 Å². The highest BCUT2D eigenvalue weighted by Crippen LogP contribution is 2.29. The summed E-state index contributed by atoms with van der Waals surface area (Å²) in [5.41, 5.74) is 1.07. The van der Waals surface area contributed by atoms with Crippen molar-refractivity contribution in [3.8, 4) is 11.5 Å². The van der Waals surface area contributed by atoms with Gasteiger partial charge in [0.05, 0.1) is 25.9 Å². The molecule has 0 aliphatic heterocycles. The Labute approximate surface area is 96.2 Å². The van der Waals surface area contributed by atoms with Crippen molar-refractivity contribution in [3.63, 3.8) is 0 Å². The van der Waals surface area contributed by atoms with Gasteiger partial charge in [0, 0.05) is 0 Å². The molecule has 0 saturated heterocycles. The highest BCUT2D eigenvalue weighted by Gasteiger charge is 2.10. The maximum Gasteiger partial charge on any atom is 0.169 e. The van der Waals surface area contributed by atoms with Crippen molar-refractivity contribution in [2.24, 2.45) is 0 Å². The second-order valence-corrected chi connectivity index (χ2v) is 3.73. The molecule has 0 bridgehead atoms. The van der Waals surface area contributed by atoms with E-state index in [9.17, 15) is 5.11 Å². The zero-order chi connectivity index (χ0) is 12.0. The van der Waals surface area contributed by atoms with Crippen LogP contribution in [0.5, 0.6) is 11.5 Å². The third kappa shape index (κ3) is 3.40. The number of hydrogen-bond acceptors (Lipinski definition) is 3. The molecule has 0 aliphatic carbocycles. The standard InChI is InChI=1S/C12H19NO3/c1-9(14)7-13-8-10-5-4-6-11(15-2)12(10)16-3/h4-6,9,13-14H,7-8H2,1-3H3/p+1/t9-/m0/s1. The lowest BCUT2D eigenvalue weighted by Gasteiger charge is -2.12. The van der Waals surface area contributed by atoms with Crippen molar-refractivity contribution < 1.29 is 19.9 Å². The monoisotopic (exact) mass is 226 g/mol. The summed E-state index contributed by atoms with van der Waals surface area (Å²) in [4.78, 5) is 0. The molecule has 0 spiro atoms. The van der Waals surface area contributed by atoms with E-state index in [2.05, 4.69) is 0 Å². The van der Waals surface area contributed by atoms with E-state index in [1.54, 1.807) is 21.1 Å². The summed E-state index contributed by atoms with van der Waals surface area (Å²) in [6, 6.07) is 5.81. The van der Waals surface area contributed by atoms with Gasteiger partial charge in [-0.15, -0.1) is 0 Å². The van der Waals surface area contributed by atoms with Gasteiger partial charge in [0.25, 0.3) is 0 Å². The van der Waals surface area contributed by atoms with Crippen LogP contribution in [0.3, 0.4) is 0 Å². The lowest BCUT2D eigenvalue weighted by atomic mass is 10.2. The minimum Gasteiger partial charge on any atom is -0.493 e. The minimum absolute atomic E-state index is 0.295. The summed E-state index contributed by atoms with van der Waals surface area (Å²) in [5, 5.41) is 11.2. The Hall–Kier alpha value is -1.26. The molecule has 3 N–H and O–H groups in total. The molecule has 90 valence electrons. The summed E-state index contributed by atoms with van der Waals surface area (Å²) >= 11 is 0. The van der Waals surface area contributed by atoms with Crippen molar-refractivity contribution in [3.05, 3.63) is 23.8 Å². The van der Waals surface area contributed by atoms with Crippen LogP contribution in [0.1, 0.15) is 12.5 Å². The summed E-state index contributed by atoms with van der Waals surface area (Å²) in [6.45, 7) is 3.23. The summed E-state index contributed by atoms with van der Waals surface area (Å²) in [5.74, 6) is 1.51. The van der Waals surface area contributed by atoms with Gasteiger partial charge in [-0.25, -0.2) is 0 Å². The Morgan fingerprint density at radius 2 is 2.06 bits per heavy atom. The first kappa shape index (κ1) is 12.8. The van der Waals surface area contributed by atoms with Crippen molar-refractivity contribution in [1.29, 1.82) is 0 Å². The Balaban J connectivity index is 2.71. The van der Waals surface area contributed by atoms with Crippen LogP contribution in [0.25, 0.3) is 0 Å². The molecule has 0 heterocycles. The number of hydrogen-bond donors (Lipinski definition) is 2. The predicted molar refractivity (Wildman–Crippen MR) is 61.7 cm³/mol. The molecule has 1 aromatic rings.